The van der Waals surface area contributed by atoms with Gasteiger partial charge in [-0.15, -0.1) is 0 Å². The highest BCUT2D eigenvalue weighted by Gasteiger charge is 2.19. The Morgan fingerprint density at radius 1 is 1.28 bits per heavy atom. The van der Waals surface area contributed by atoms with Crippen LogP contribution in [0, 0.1) is 20.2 Å². The second-order valence-corrected chi connectivity index (χ2v) is 5.24. The average Bonchev–Trinajstić information content (AvgIpc) is 2.27. The first kappa shape index (κ1) is 14.3. The van der Waals surface area contributed by atoms with E-state index >= 15 is 0 Å². The van der Waals surface area contributed by atoms with Gasteiger partial charge >= 0.3 is 5.97 Å². The van der Waals surface area contributed by atoms with Crippen molar-refractivity contribution in [3.8, 4) is 0 Å². The lowest BCUT2D eigenvalue weighted by molar-refractivity contribution is -0.391. The van der Waals surface area contributed by atoms with Gasteiger partial charge in [0, 0.05) is 18.2 Å². The Balaban J connectivity index is 2.96. The Morgan fingerprint density at radius 2 is 1.94 bits per heavy atom. The second kappa shape index (κ2) is 6.21. The van der Waals surface area contributed by atoms with Crippen LogP contribution in [-0.4, -0.2) is 26.7 Å². The summed E-state index contributed by atoms with van der Waals surface area (Å²) in [7, 11) is 1.68. The molecule has 0 heterocycles. The molecule has 0 unspecified atom stereocenters. The molecule has 1 aromatic rings. The van der Waals surface area contributed by atoms with Crippen LogP contribution in [-0.2, 0) is 4.79 Å². The van der Waals surface area contributed by atoms with E-state index in [0.29, 0.717) is 0 Å². The number of hydrogen-bond donors (Lipinski definition) is 1. The molecule has 0 fully saturated rings. The molecule has 1 N–H and O–H groups in total. The van der Waals surface area contributed by atoms with Crippen LogP contribution in [0.5, 0.6) is 0 Å². The molecule has 8 nitrogen and oxygen atoms in total. The maximum Gasteiger partial charge on any atom is 0.314 e. The minimum absolute atomic E-state index is 0.0560. The van der Waals surface area contributed by atoms with E-state index in [1.165, 1.54) is 0 Å². The van der Waals surface area contributed by atoms with Crippen LogP contribution in [0.3, 0.4) is 0 Å². The summed E-state index contributed by atoms with van der Waals surface area (Å²) >= 11 is 0. The third kappa shape index (κ3) is 3.89. The highest BCUT2D eigenvalue weighted by molar-refractivity contribution is 8.76. The first-order valence-corrected chi connectivity index (χ1v) is 6.68. The largest absolute Gasteiger partial charge is 0.481 e. The molecule has 1 rings (SSSR count). The zero-order chi connectivity index (χ0) is 13.7. The van der Waals surface area contributed by atoms with Gasteiger partial charge in [0.25, 0.3) is 11.4 Å². The summed E-state index contributed by atoms with van der Waals surface area (Å²) in [4.78, 5) is 30.3. The summed E-state index contributed by atoms with van der Waals surface area (Å²) in [5.41, 5.74) is -0.567. The normalized spacial score (nSPS) is 10.0. The van der Waals surface area contributed by atoms with E-state index in [0.717, 1.165) is 39.8 Å². The van der Waals surface area contributed by atoms with Gasteiger partial charge in [-0.1, -0.05) is 10.8 Å². The van der Waals surface area contributed by atoms with Crippen LogP contribution in [0.1, 0.15) is 0 Å². The van der Waals surface area contributed by atoms with Crippen molar-refractivity contribution in [1.82, 2.24) is 0 Å². The van der Waals surface area contributed by atoms with E-state index < -0.39 is 15.8 Å². The summed E-state index contributed by atoms with van der Waals surface area (Å²) in [6.45, 7) is 0. The molecular formula is C8H6N2O6S2. The smallest absolute Gasteiger partial charge is 0.314 e. The Morgan fingerprint density at radius 3 is 2.44 bits per heavy atom. The molecule has 0 aromatic heterocycles. The third-order valence-corrected chi connectivity index (χ3v) is 3.92. The van der Waals surface area contributed by atoms with E-state index in [9.17, 15) is 25.0 Å². The van der Waals surface area contributed by atoms with Gasteiger partial charge in [-0.2, -0.15) is 0 Å². The molecule has 0 radical (unpaired) electrons. The van der Waals surface area contributed by atoms with Crippen molar-refractivity contribution in [2.45, 2.75) is 4.90 Å². The summed E-state index contributed by atoms with van der Waals surface area (Å²) in [5.74, 6) is -1.33. The lowest BCUT2D eigenvalue weighted by atomic mass is 10.3. The van der Waals surface area contributed by atoms with E-state index in [1.807, 2.05) is 0 Å². The van der Waals surface area contributed by atoms with Gasteiger partial charge in [-0.05, 0) is 10.8 Å². The fraction of sp³-hybridized carbons (Fsp3) is 0.125. The molecule has 0 amide bonds. The minimum atomic E-state index is -1.07. The number of carboxylic acids is 1. The van der Waals surface area contributed by atoms with Gasteiger partial charge in [0.2, 0.25) is 0 Å². The molecule has 0 saturated carbocycles. The van der Waals surface area contributed by atoms with Crippen LogP contribution in [0.2, 0.25) is 0 Å². The summed E-state index contributed by atoms with van der Waals surface area (Å²) < 4.78 is 0. The lowest BCUT2D eigenvalue weighted by Crippen LogP contribution is -1.96. The standard InChI is InChI=1S/C8H6N2O6S2/c11-8(12)4-17-18-7-3-5(9(13)14)1-2-6(7)10(15)16/h1-3H,4H2,(H,11,12). The third-order valence-electron chi connectivity index (χ3n) is 1.68. The van der Waals surface area contributed by atoms with Gasteiger partial charge in [0.15, 0.2) is 0 Å². The van der Waals surface area contributed by atoms with Crippen molar-refractivity contribution in [2.24, 2.45) is 0 Å². The van der Waals surface area contributed by atoms with Gasteiger partial charge in [-0.3, -0.25) is 25.0 Å². The summed E-state index contributed by atoms with van der Waals surface area (Å²) in [6, 6.07) is 3.11. The zero-order valence-electron chi connectivity index (χ0n) is 8.64. The molecule has 0 spiro atoms. The van der Waals surface area contributed by atoms with Crippen molar-refractivity contribution in [1.29, 1.82) is 0 Å². The number of carbonyl (C=O) groups is 1. The van der Waals surface area contributed by atoms with Crippen LogP contribution in [0.15, 0.2) is 23.1 Å². The number of hydrogen-bond acceptors (Lipinski definition) is 7. The molecular weight excluding hydrogens is 284 g/mol. The van der Waals surface area contributed by atoms with Gasteiger partial charge < -0.3 is 5.11 Å². The van der Waals surface area contributed by atoms with Crippen LogP contribution >= 0.6 is 21.6 Å². The number of aliphatic carboxylic acids is 1. The topological polar surface area (TPSA) is 124 Å². The molecule has 0 aliphatic rings. The monoisotopic (exact) mass is 290 g/mol. The van der Waals surface area contributed by atoms with E-state index in [2.05, 4.69) is 0 Å². The van der Waals surface area contributed by atoms with E-state index in [-0.39, 0.29) is 22.0 Å². The summed E-state index contributed by atoms with van der Waals surface area (Å²) in [5, 5.41) is 29.7. The first-order chi connectivity index (χ1) is 8.41. The lowest BCUT2D eigenvalue weighted by Gasteiger charge is -2.01. The van der Waals surface area contributed by atoms with Crippen molar-refractivity contribution < 1.29 is 19.7 Å². The van der Waals surface area contributed by atoms with Gasteiger partial charge in [0.05, 0.1) is 9.85 Å². The number of carboxylic acid groups (broad SMARTS) is 1. The number of benzene rings is 1. The molecule has 18 heavy (non-hydrogen) atoms. The molecule has 0 saturated heterocycles. The molecule has 96 valence electrons. The highest BCUT2D eigenvalue weighted by Crippen LogP contribution is 2.39. The fourth-order valence-corrected chi connectivity index (χ4v) is 2.92. The molecule has 0 bridgehead atoms. The Labute approximate surface area is 108 Å². The van der Waals surface area contributed by atoms with E-state index in [1.54, 1.807) is 0 Å². The molecule has 0 aliphatic heterocycles. The summed E-state index contributed by atoms with van der Waals surface area (Å²) in [6.07, 6.45) is 0. The fourth-order valence-electron chi connectivity index (χ4n) is 0.977. The molecule has 0 atom stereocenters. The molecule has 0 aliphatic carbocycles. The first-order valence-electron chi connectivity index (χ1n) is 4.36. The number of nitrogens with zero attached hydrogens (tertiary/aromatic N) is 2. The Hall–Kier alpha value is -1.81. The average molecular weight is 290 g/mol. The maximum absolute atomic E-state index is 10.7. The van der Waals surface area contributed by atoms with Gasteiger partial charge in [-0.25, -0.2) is 0 Å². The SMILES string of the molecule is O=C(O)CSSc1cc([N+](=O)[O-])ccc1[N+](=O)[O-]. The number of rotatable bonds is 6. The quantitative estimate of drug-likeness (QED) is 0.481. The highest BCUT2D eigenvalue weighted by atomic mass is 33.1. The number of non-ortho nitro benzene ring substituents is 1. The maximum atomic E-state index is 10.7. The van der Waals surface area contributed by atoms with Crippen molar-refractivity contribution >= 4 is 38.9 Å². The van der Waals surface area contributed by atoms with Crippen LogP contribution in [0.25, 0.3) is 0 Å². The molecule has 10 heteroatoms. The molecule has 1 aromatic carbocycles. The number of nitro benzene ring substituents is 2. The minimum Gasteiger partial charge on any atom is -0.481 e. The van der Waals surface area contributed by atoms with Crippen molar-refractivity contribution in [3.63, 3.8) is 0 Å². The second-order valence-electron chi connectivity index (χ2n) is 2.91. The van der Waals surface area contributed by atoms with E-state index in [4.69, 9.17) is 5.11 Å². The van der Waals surface area contributed by atoms with Crippen LogP contribution in [0.4, 0.5) is 11.4 Å². The van der Waals surface area contributed by atoms with Crippen molar-refractivity contribution in [2.75, 3.05) is 5.75 Å². The predicted octanol–water partition coefficient (Wildman–Crippen LogP) is 2.33. The van der Waals surface area contributed by atoms with Crippen LogP contribution < -0.4 is 0 Å². The Kier molecular flexibility index (Phi) is 4.92. The number of nitro groups is 2. The Bertz CT molecular complexity index is 506. The zero-order valence-corrected chi connectivity index (χ0v) is 10.3. The van der Waals surface area contributed by atoms with Gasteiger partial charge in [0.1, 0.15) is 10.6 Å². The predicted molar refractivity (Wildman–Crippen MR) is 65.7 cm³/mol. The van der Waals surface area contributed by atoms with Crippen molar-refractivity contribution in [3.05, 3.63) is 38.4 Å².